The van der Waals surface area contributed by atoms with E-state index in [1.807, 2.05) is 6.92 Å². The predicted molar refractivity (Wildman–Crippen MR) is 69.5 cm³/mol. The lowest BCUT2D eigenvalue weighted by molar-refractivity contribution is -0.402. The third kappa shape index (κ3) is 3.55. The Morgan fingerprint density at radius 1 is 1.50 bits per heavy atom. The van der Waals surface area contributed by atoms with Gasteiger partial charge in [-0.1, -0.05) is 0 Å². The fraction of sp³-hybridized carbons (Fsp3) is 0.583. The van der Waals surface area contributed by atoms with Crippen LogP contribution >= 0.6 is 0 Å². The quantitative estimate of drug-likeness (QED) is 0.629. The Morgan fingerprint density at radius 3 is 2.80 bits per heavy atom. The molecule has 1 N–H and O–H groups in total. The summed E-state index contributed by atoms with van der Waals surface area (Å²) in [4.78, 5) is 23.8. The molecule has 0 radical (unpaired) electrons. The molecule has 20 heavy (non-hydrogen) atoms. The maximum absolute atomic E-state index is 11.8. The summed E-state index contributed by atoms with van der Waals surface area (Å²) in [6, 6.07) is 2.64. The van der Waals surface area contributed by atoms with Gasteiger partial charge in [-0.25, -0.2) is 0 Å². The topological polar surface area (TPSA) is 97.8 Å². The first-order valence-electron chi connectivity index (χ1n) is 6.42. The van der Waals surface area contributed by atoms with E-state index < -0.39 is 16.7 Å². The highest BCUT2D eigenvalue weighted by atomic mass is 16.6. The molecule has 110 valence electrons. The SMILES string of the molecule is C[C@@H](CNC(=O)c1ccc([N+](=O)[O-])o1)N1CCOCC1. The summed E-state index contributed by atoms with van der Waals surface area (Å²) in [5, 5.41) is 13.2. The summed E-state index contributed by atoms with van der Waals surface area (Å²) in [6.07, 6.45) is 0. The second kappa shape index (κ2) is 6.49. The van der Waals surface area contributed by atoms with Crippen LogP contribution in [0.25, 0.3) is 0 Å². The first-order valence-corrected chi connectivity index (χ1v) is 6.42. The fourth-order valence-corrected chi connectivity index (χ4v) is 2.02. The molecule has 1 fully saturated rings. The van der Waals surface area contributed by atoms with Gasteiger partial charge in [0.15, 0.2) is 5.76 Å². The number of nitrogens with zero attached hydrogens (tertiary/aromatic N) is 2. The monoisotopic (exact) mass is 283 g/mol. The minimum atomic E-state index is -0.673. The number of ether oxygens (including phenoxy) is 1. The van der Waals surface area contributed by atoms with Crippen molar-refractivity contribution in [1.29, 1.82) is 0 Å². The van der Waals surface area contributed by atoms with Gasteiger partial charge in [-0.15, -0.1) is 0 Å². The normalized spacial score (nSPS) is 17.6. The van der Waals surface area contributed by atoms with Gasteiger partial charge in [0.1, 0.15) is 4.92 Å². The highest BCUT2D eigenvalue weighted by Crippen LogP contribution is 2.15. The van der Waals surface area contributed by atoms with Gasteiger partial charge in [0, 0.05) is 25.7 Å². The number of nitro groups is 1. The van der Waals surface area contributed by atoms with Crippen molar-refractivity contribution < 1.29 is 18.9 Å². The number of amides is 1. The van der Waals surface area contributed by atoms with E-state index in [0.29, 0.717) is 19.8 Å². The first kappa shape index (κ1) is 14.5. The molecule has 1 atom stereocenters. The number of furan rings is 1. The predicted octanol–water partition coefficient (Wildman–Crippen LogP) is 0.638. The van der Waals surface area contributed by atoms with Crippen molar-refractivity contribution in [3.8, 4) is 0 Å². The van der Waals surface area contributed by atoms with Gasteiger partial charge in [0.25, 0.3) is 5.91 Å². The smallest absolute Gasteiger partial charge is 0.395 e. The van der Waals surface area contributed by atoms with Gasteiger partial charge in [0.05, 0.1) is 19.3 Å². The summed E-state index contributed by atoms with van der Waals surface area (Å²) < 4.78 is 10.1. The van der Waals surface area contributed by atoms with Crippen LogP contribution in [0.4, 0.5) is 5.88 Å². The van der Waals surface area contributed by atoms with Crippen molar-refractivity contribution in [2.75, 3.05) is 32.8 Å². The van der Waals surface area contributed by atoms with Crippen molar-refractivity contribution in [3.05, 3.63) is 28.0 Å². The highest BCUT2D eigenvalue weighted by molar-refractivity contribution is 5.91. The van der Waals surface area contributed by atoms with Crippen LogP contribution < -0.4 is 5.32 Å². The van der Waals surface area contributed by atoms with Crippen molar-refractivity contribution in [1.82, 2.24) is 10.2 Å². The molecule has 0 bridgehead atoms. The van der Waals surface area contributed by atoms with Gasteiger partial charge in [0.2, 0.25) is 0 Å². The minimum absolute atomic E-state index is 0.0501. The molecule has 1 saturated heterocycles. The minimum Gasteiger partial charge on any atom is -0.395 e. The standard InChI is InChI=1S/C12H17N3O5/c1-9(14-4-6-19-7-5-14)8-13-12(16)10-2-3-11(20-10)15(17)18/h2-3,9H,4-8H2,1H3,(H,13,16)/t9-/m0/s1. The van der Waals surface area contributed by atoms with Crippen LogP contribution in [0.2, 0.25) is 0 Å². The zero-order valence-electron chi connectivity index (χ0n) is 11.2. The molecule has 0 unspecified atom stereocenters. The summed E-state index contributed by atoms with van der Waals surface area (Å²) in [5.74, 6) is -0.930. The van der Waals surface area contributed by atoms with E-state index in [1.54, 1.807) is 0 Å². The van der Waals surface area contributed by atoms with E-state index in [-0.39, 0.29) is 11.8 Å². The highest BCUT2D eigenvalue weighted by Gasteiger charge is 2.20. The lowest BCUT2D eigenvalue weighted by atomic mass is 10.2. The molecule has 1 aliphatic heterocycles. The van der Waals surface area contributed by atoms with Crippen LogP contribution in [0.5, 0.6) is 0 Å². The van der Waals surface area contributed by atoms with Gasteiger partial charge in [-0.3, -0.25) is 19.8 Å². The third-order valence-electron chi connectivity index (χ3n) is 3.22. The third-order valence-corrected chi connectivity index (χ3v) is 3.22. The molecule has 1 aromatic rings. The van der Waals surface area contributed by atoms with Crippen LogP contribution in [0, 0.1) is 10.1 Å². The molecule has 2 rings (SSSR count). The molecule has 1 aliphatic rings. The zero-order chi connectivity index (χ0) is 14.5. The summed E-state index contributed by atoms with van der Waals surface area (Å²) in [6.45, 7) is 5.53. The number of hydrogen-bond donors (Lipinski definition) is 1. The number of nitrogens with one attached hydrogen (secondary N) is 1. The number of carbonyl (C=O) groups excluding carboxylic acids is 1. The molecular formula is C12H17N3O5. The zero-order valence-corrected chi connectivity index (χ0v) is 11.2. The largest absolute Gasteiger partial charge is 0.433 e. The molecular weight excluding hydrogens is 266 g/mol. The van der Waals surface area contributed by atoms with Crippen LogP contribution in [0.1, 0.15) is 17.5 Å². The number of rotatable bonds is 5. The number of morpholine rings is 1. The average Bonchev–Trinajstić information content (AvgIpc) is 2.95. The lowest BCUT2D eigenvalue weighted by Crippen LogP contribution is -2.47. The van der Waals surface area contributed by atoms with Gasteiger partial charge >= 0.3 is 5.88 Å². The molecule has 8 heteroatoms. The van der Waals surface area contributed by atoms with Crippen molar-refractivity contribution in [3.63, 3.8) is 0 Å². The Bertz CT molecular complexity index is 481. The summed E-state index contributed by atoms with van der Waals surface area (Å²) in [7, 11) is 0. The lowest BCUT2D eigenvalue weighted by Gasteiger charge is -2.32. The Hall–Kier alpha value is -1.93. The van der Waals surface area contributed by atoms with E-state index in [4.69, 9.17) is 9.15 Å². The van der Waals surface area contributed by atoms with E-state index in [1.165, 1.54) is 12.1 Å². The second-order valence-corrected chi connectivity index (χ2v) is 4.60. The molecule has 0 aromatic carbocycles. The van der Waals surface area contributed by atoms with Crippen LogP contribution in [-0.4, -0.2) is 54.6 Å². The average molecular weight is 283 g/mol. The summed E-state index contributed by atoms with van der Waals surface area (Å²) >= 11 is 0. The van der Waals surface area contributed by atoms with E-state index in [2.05, 4.69) is 10.2 Å². The van der Waals surface area contributed by atoms with Crippen LogP contribution in [0.15, 0.2) is 16.5 Å². The van der Waals surface area contributed by atoms with Gasteiger partial charge < -0.3 is 14.5 Å². The molecule has 0 spiro atoms. The van der Waals surface area contributed by atoms with E-state index in [0.717, 1.165) is 13.1 Å². The summed E-state index contributed by atoms with van der Waals surface area (Å²) in [5.41, 5.74) is 0. The maximum Gasteiger partial charge on any atom is 0.433 e. The molecule has 1 aromatic heterocycles. The molecule has 1 amide bonds. The molecule has 0 saturated carbocycles. The van der Waals surface area contributed by atoms with Gasteiger partial charge in [-0.05, 0) is 13.0 Å². The Kier molecular flexibility index (Phi) is 4.70. The van der Waals surface area contributed by atoms with Crippen molar-refractivity contribution in [2.45, 2.75) is 13.0 Å². The first-order chi connectivity index (χ1) is 9.58. The van der Waals surface area contributed by atoms with Crippen LogP contribution in [-0.2, 0) is 4.74 Å². The second-order valence-electron chi connectivity index (χ2n) is 4.60. The number of carbonyl (C=O) groups is 1. The number of hydrogen-bond acceptors (Lipinski definition) is 6. The van der Waals surface area contributed by atoms with Gasteiger partial charge in [-0.2, -0.15) is 0 Å². The Labute approximate surface area is 115 Å². The van der Waals surface area contributed by atoms with Crippen molar-refractivity contribution in [2.24, 2.45) is 0 Å². The molecule has 8 nitrogen and oxygen atoms in total. The van der Waals surface area contributed by atoms with Crippen LogP contribution in [0.3, 0.4) is 0 Å². The van der Waals surface area contributed by atoms with E-state index >= 15 is 0 Å². The molecule has 0 aliphatic carbocycles. The fourth-order valence-electron chi connectivity index (χ4n) is 2.02. The Morgan fingerprint density at radius 2 is 2.20 bits per heavy atom. The maximum atomic E-state index is 11.8. The Balaban J connectivity index is 1.83. The van der Waals surface area contributed by atoms with Crippen molar-refractivity contribution >= 4 is 11.8 Å². The van der Waals surface area contributed by atoms with E-state index in [9.17, 15) is 14.9 Å². The molecule has 2 heterocycles.